The minimum absolute atomic E-state index is 0.512. The number of benzene rings is 2. The van der Waals surface area contributed by atoms with Gasteiger partial charge in [0.2, 0.25) is 5.95 Å². The van der Waals surface area contributed by atoms with E-state index in [1.807, 2.05) is 55.5 Å². The van der Waals surface area contributed by atoms with Gasteiger partial charge in [-0.3, -0.25) is 0 Å². The second-order valence-corrected chi connectivity index (χ2v) is 6.33. The van der Waals surface area contributed by atoms with Crippen LogP contribution in [0.25, 0.3) is 0 Å². The van der Waals surface area contributed by atoms with Crippen molar-refractivity contribution in [1.29, 1.82) is 0 Å². The van der Waals surface area contributed by atoms with Gasteiger partial charge in [-0.15, -0.1) is 0 Å². The molecule has 0 saturated carbocycles. The van der Waals surface area contributed by atoms with Crippen LogP contribution in [0.1, 0.15) is 5.56 Å². The van der Waals surface area contributed by atoms with Crippen molar-refractivity contribution in [2.45, 2.75) is 6.92 Å². The maximum Gasteiger partial charge on any atom is 0.229 e. The highest BCUT2D eigenvalue weighted by atomic mass is 79.9. The first-order valence-electron chi connectivity index (χ1n) is 6.99. The lowest BCUT2D eigenvalue weighted by atomic mass is 10.2. The maximum atomic E-state index is 6.04. The Bertz CT molecular complexity index is 821. The molecule has 0 aliphatic carbocycles. The minimum Gasteiger partial charge on any atom is -0.340 e. The number of nitrogens with zero attached hydrogens (tertiary/aromatic N) is 2. The van der Waals surface area contributed by atoms with Gasteiger partial charge < -0.3 is 10.6 Å². The van der Waals surface area contributed by atoms with Crippen molar-refractivity contribution < 1.29 is 0 Å². The predicted octanol–water partition coefficient (Wildman–Crippen LogP) is 5.69. The molecule has 2 aromatic carbocycles. The largest absolute Gasteiger partial charge is 0.340 e. The van der Waals surface area contributed by atoms with Crippen LogP contribution < -0.4 is 10.6 Å². The SMILES string of the molecule is Cc1ccc(Cl)cc1Nc1nccc(Nc2ccc(Br)cc2)n1. The van der Waals surface area contributed by atoms with E-state index >= 15 is 0 Å². The third-order valence-corrected chi connectivity index (χ3v) is 3.98. The van der Waals surface area contributed by atoms with Crippen LogP contribution in [0.5, 0.6) is 0 Å². The quantitative estimate of drug-likeness (QED) is 0.602. The lowest BCUT2D eigenvalue weighted by Gasteiger charge is -2.10. The molecule has 0 saturated heterocycles. The summed E-state index contributed by atoms with van der Waals surface area (Å²) in [6, 6.07) is 15.4. The average Bonchev–Trinajstić information content (AvgIpc) is 2.54. The number of nitrogens with one attached hydrogen (secondary N) is 2. The molecule has 6 heteroatoms. The Hall–Kier alpha value is -2.11. The van der Waals surface area contributed by atoms with Crippen LogP contribution in [0, 0.1) is 6.92 Å². The zero-order valence-electron chi connectivity index (χ0n) is 12.3. The smallest absolute Gasteiger partial charge is 0.229 e. The van der Waals surface area contributed by atoms with Crippen LogP contribution in [-0.2, 0) is 0 Å². The lowest BCUT2D eigenvalue weighted by Crippen LogP contribution is -2.01. The van der Waals surface area contributed by atoms with E-state index in [0.29, 0.717) is 16.8 Å². The van der Waals surface area contributed by atoms with Crippen LogP contribution in [0.15, 0.2) is 59.2 Å². The number of rotatable bonds is 4. The molecule has 0 fully saturated rings. The van der Waals surface area contributed by atoms with Gasteiger partial charge >= 0.3 is 0 Å². The number of aromatic nitrogens is 2. The van der Waals surface area contributed by atoms with E-state index in [4.69, 9.17) is 11.6 Å². The van der Waals surface area contributed by atoms with Gasteiger partial charge in [-0.25, -0.2) is 4.98 Å². The Morgan fingerprint density at radius 1 is 1.00 bits per heavy atom. The fraction of sp³-hybridized carbons (Fsp3) is 0.0588. The van der Waals surface area contributed by atoms with E-state index < -0.39 is 0 Å². The molecule has 2 N–H and O–H groups in total. The summed E-state index contributed by atoms with van der Waals surface area (Å²) in [4.78, 5) is 8.72. The molecular weight excluding hydrogens is 376 g/mol. The van der Waals surface area contributed by atoms with Gasteiger partial charge in [0.05, 0.1) is 0 Å². The molecule has 0 radical (unpaired) electrons. The van der Waals surface area contributed by atoms with E-state index in [9.17, 15) is 0 Å². The third kappa shape index (κ3) is 4.21. The molecule has 0 unspecified atom stereocenters. The molecular formula is C17H14BrClN4. The number of halogens is 2. The van der Waals surface area contributed by atoms with Crippen molar-refractivity contribution >= 4 is 50.7 Å². The molecule has 116 valence electrons. The molecule has 1 heterocycles. The first-order chi connectivity index (χ1) is 11.1. The van der Waals surface area contributed by atoms with Gasteiger partial charge in [-0.1, -0.05) is 33.6 Å². The zero-order chi connectivity index (χ0) is 16.2. The summed E-state index contributed by atoms with van der Waals surface area (Å²) in [5, 5.41) is 7.11. The van der Waals surface area contributed by atoms with Crippen LogP contribution >= 0.6 is 27.5 Å². The summed E-state index contributed by atoms with van der Waals surface area (Å²) in [6.45, 7) is 2.00. The third-order valence-electron chi connectivity index (χ3n) is 3.22. The van der Waals surface area contributed by atoms with Crippen molar-refractivity contribution in [3.63, 3.8) is 0 Å². The monoisotopic (exact) mass is 388 g/mol. The molecule has 0 amide bonds. The van der Waals surface area contributed by atoms with Crippen LogP contribution in [0.2, 0.25) is 5.02 Å². The van der Waals surface area contributed by atoms with Crippen molar-refractivity contribution in [3.8, 4) is 0 Å². The van der Waals surface area contributed by atoms with Crippen molar-refractivity contribution in [1.82, 2.24) is 9.97 Å². The van der Waals surface area contributed by atoms with E-state index in [1.165, 1.54) is 0 Å². The van der Waals surface area contributed by atoms with Crippen LogP contribution in [0.3, 0.4) is 0 Å². The van der Waals surface area contributed by atoms with Gasteiger partial charge in [0.1, 0.15) is 5.82 Å². The average molecular weight is 390 g/mol. The molecule has 23 heavy (non-hydrogen) atoms. The van der Waals surface area contributed by atoms with Crippen LogP contribution in [0.4, 0.5) is 23.1 Å². The summed E-state index contributed by atoms with van der Waals surface area (Å²) >= 11 is 9.46. The summed E-state index contributed by atoms with van der Waals surface area (Å²) in [5.41, 5.74) is 2.92. The molecule has 0 aliphatic rings. The highest BCUT2D eigenvalue weighted by molar-refractivity contribution is 9.10. The second kappa shape index (κ2) is 6.98. The Morgan fingerprint density at radius 2 is 1.78 bits per heavy atom. The molecule has 1 aromatic heterocycles. The Kier molecular flexibility index (Phi) is 4.79. The molecule has 0 atom stereocenters. The maximum absolute atomic E-state index is 6.04. The normalized spacial score (nSPS) is 10.4. The van der Waals surface area contributed by atoms with E-state index in [-0.39, 0.29) is 0 Å². The highest BCUT2D eigenvalue weighted by Crippen LogP contribution is 2.23. The van der Waals surface area contributed by atoms with E-state index in [1.54, 1.807) is 6.20 Å². The molecule has 3 aromatic rings. The second-order valence-electron chi connectivity index (χ2n) is 4.98. The molecule has 0 bridgehead atoms. The molecule has 4 nitrogen and oxygen atoms in total. The topological polar surface area (TPSA) is 49.8 Å². The first kappa shape index (κ1) is 15.8. The van der Waals surface area contributed by atoms with Crippen molar-refractivity contribution in [2.75, 3.05) is 10.6 Å². The van der Waals surface area contributed by atoms with Gasteiger partial charge in [0.15, 0.2) is 0 Å². The number of hydrogen-bond acceptors (Lipinski definition) is 4. The van der Waals surface area contributed by atoms with Gasteiger partial charge in [0, 0.05) is 27.1 Å². The van der Waals surface area contributed by atoms with Crippen LogP contribution in [-0.4, -0.2) is 9.97 Å². The molecule has 0 spiro atoms. The fourth-order valence-corrected chi connectivity index (χ4v) is 2.46. The molecule has 0 aliphatic heterocycles. The van der Waals surface area contributed by atoms with Gasteiger partial charge in [-0.2, -0.15) is 4.98 Å². The Labute approximate surface area is 148 Å². The Balaban J connectivity index is 1.79. The summed E-state index contributed by atoms with van der Waals surface area (Å²) in [6.07, 6.45) is 1.70. The lowest BCUT2D eigenvalue weighted by molar-refractivity contribution is 1.16. The van der Waals surface area contributed by atoms with Crippen molar-refractivity contribution in [2.24, 2.45) is 0 Å². The summed E-state index contributed by atoms with van der Waals surface area (Å²) in [7, 11) is 0. The first-order valence-corrected chi connectivity index (χ1v) is 8.16. The van der Waals surface area contributed by atoms with Gasteiger partial charge in [0.25, 0.3) is 0 Å². The number of hydrogen-bond donors (Lipinski definition) is 2. The number of anilines is 4. The summed E-state index contributed by atoms with van der Waals surface area (Å²) < 4.78 is 1.03. The predicted molar refractivity (Wildman–Crippen MR) is 98.9 cm³/mol. The van der Waals surface area contributed by atoms with Crippen molar-refractivity contribution in [3.05, 3.63) is 69.8 Å². The van der Waals surface area contributed by atoms with E-state index in [0.717, 1.165) is 21.4 Å². The van der Waals surface area contributed by atoms with Gasteiger partial charge in [-0.05, 0) is 55.0 Å². The van der Waals surface area contributed by atoms with E-state index in [2.05, 4.69) is 36.5 Å². The summed E-state index contributed by atoms with van der Waals surface area (Å²) in [5.74, 6) is 1.22. The highest BCUT2D eigenvalue weighted by Gasteiger charge is 2.04. The standard InChI is InChI=1S/C17H14BrClN4/c1-11-2-5-13(19)10-15(11)22-17-20-9-8-16(23-17)21-14-6-3-12(18)4-7-14/h2-10H,1H3,(H2,20,21,22,23). The Morgan fingerprint density at radius 3 is 2.57 bits per heavy atom. The zero-order valence-corrected chi connectivity index (χ0v) is 14.7. The fourth-order valence-electron chi connectivity index (χ4n) is 2.02. The minimum atomic E-state index is 0.512. The number of aryl methyl sites for hydroxylation is 1. The molecule has 3 rings (SSSR count).